The van der Waals surface area contributed by atoms with Crippen LogP contribution in [0.25, 0.3) is 17.0 Å². The Bertz CT molecular complexity index is 1470. The van der Waals surface area contributed by atoms with E-state index in [0.717, 1.165) is 35.3 Å². The highest BCUT2D eigenvalue weighted by molar-refractivity contribution is 7.99. The number of anilines is 1. The standard InChI is InChI=1S/C27H29N5O2S/c1-5-27(4)15-18-11-9-10-14-20(18)23-22(27)24(34)31-25(29-23)32(17(2)3)30-26(31)35-16-21(33)28-19-12-7-6-8-13-19/h6-14,17H,5,15-16H2,1-4H3,(H,28,33)/t27-/m1/s1. The molecule has 1 aliphatic carbocycles. The summed E-state index contributed by atoms with van der Waals surface area (Å²) in [5.74, 6) is 0.487. The number of fused-ring (bicyclic) bond motifs is 4. The van der Waals surface area contributed by atoms with Crippen molar-refractivity contribution in [1.82, 2.24) is 19.2 Å². The molecule has 7 nitrogen and oxygen atoms in total. The Balaban J connectivity index is 1.62. The molecule has 35 heavy (non-hydrogen) atoms. The molecule has 5 rings (SSSR count). The second kappa shape index (κ2) is 9.00. The van der Waals surface area contributed by atoms with E-state index >= 15 is 0 Å². The normalized spacial score (nSPS) is 16.8. The minimum Gasteiger partial charge on any atom is -0.325 e. The molecule has 8 heteroatoms. The molecule has 0 aliphatic heterocycles. The van der Waals surface area contributed by atoms with Crippen LogP contribution in [0.2, 0.25) is 0 Å². The number of carbonyl (C=O) groups is 1. The van der Waals surface area contributed by atoms with Gasteiger partial charge in [-0.3, -0.25) is 9.59 Å². The van der Waals surface area contributed by atoms with Crippen molar-refractivity contribution in [2.75, 3.05) is 11.1 Å². The third-order valence-corrected chi connectivity index (χ3v) is 7.70. The van der Waals surface area contributed by atoms with Crippen LogP contribution in [0.3, 0.4) is 0 Å². The Morgan fingerprint density at radius 2 is 1.86 bits per heavy atom. The van der Waals surface area contributed by atoms with Crippen LogP contribution in [0.5, 0.6) is 0 Å². The molecule has 0 unspecified atom stereocenters. The van der Waals surface area contributed by atoms with E-state index in [0.29, 0.717) is 10.9 Å². The zero-order chi connectivity index (χ0) is 24.7. The van der Waals surface area contributed by atoms with Gasteiger partial charge in [-0.25, -0.2) is 14.1 Å². The zero-order valence-corrected chi connectivity index (χ0v) is 21.2. The number of hydrogen-bond donors (Lipinski definition) is 1. The molecule has 180 valence electrons. The van der Waals surface area contributed by atoms with Gasteiger partial charge >= 0.3 is 0 Å². The molecule has 2 aromatic heterocycles. The molecular weight excluding hydrogens is 458 g/mol. The fourth-order valence-electron chi connectivity index (χ4n) is 4.76. The monoisotopic (exact) mass is 487 g/mol. The molecule has 1 amide bonds. The molecule has 1 N–H and O–H groups in total. The highest BCUT2D eigenvalue weighted by Gasteiger charge is 2.38. The van der Waals surface area contributed by atoms with E-state index in [1.54, 1.807) is 9.08 Å². The maximum Gasteiger partial charge on any atom is 0.265 e. The van der Waals surface area contributed by atoms with Gasteiger partial charge in [0.1, 0.15) is 0 Å². The summed E-state index contributed by atoms with van der Waals surface area (Å²) < 4.78 is 3.38. The van der Waals surface area contributed by atoms with E-state index in [9.17, 15) is 9.59 Å². The van der Waals surface area contributed by atoms with E-state index in [4.69, 9.17) is 10.1 Å². The lowest BCUT2D eigenvalue weighted by atomic mass is 9.69. The summed E-state index contributed by atoms with van der Waals surface area (Å²) in [5.41, 5.74) is 4.02. The number of benzene rings is 2. The molecule has 0 saturated carbocycles. The highest BCUT2D eigenvalue weighted by Crippen LogP contribution is 2.42. The number of thioether (sulfide) groups is 1. The van der Waals surface area contributed by atoms with Gasteiger partial charge in [0, 0.05) is 16.7 Å². The summed E-state index contributed by atoms with van der Waals surface area (Å²) in [6.07, 6.45) is 1.60. The predicted octanol–water partition coefficient (Wildman–Crippen LogP) is 5.09. The predicted molar refractivity (Wildman–Crippen MR) is 140 cm³/mol. The first kappa shape index (κ1) is 23.4. The van der Waals surface area contributed by atoms with Gasteiger partial charge in [-0.15, -0.1) is 5.10 Å². The van der Waals surface area contributed by atoms with Gasteiger partial charge in [0.2, 0.25) is 11.7 Å². The molecule has 0 fully saturated rings. The average Bonchev–Trinajstić information content (AvgIpc) is 3.22. The summed E-state index contributed by atoms with van der Waals surface area (Å²) in [4.78, 5) is 31.8. The third kappa shape index (κ3) is 4.05. The number of para-hydroxylation sites is 1. The van der Waals surface area contributed by atoms with Crippen molar-refractivity contribution < 1.29 is 4.79 Å². The number of nitrogens with zero attached hydrogens (tertiary/aromatic N) is 4. The number of aromatic nitrogens is 4. The largest absolute Gasteiger partial charge is 0.325 e. The number of hydrogen-bond acceptors (Lipinski definition) is 5. The molecule has 0 spiro atoms. The van der Waals surface area contributed by atoms with Gasteiger partial charge in [0.25, 0.3) is 5.56 Å². The Morgan fingerprint density at radius 3 is 2.57 bits per heavy atom. The van der Waals surface area contributed by atoms with E-state index in [1.165, 1.54) is 17.3 Å². The lowest BCUT2D eigenvalue weighted by Gasteiger charge is -2.35. The maximum absolute atomic E-state index is 14.1. The molecule has 0 bridgehead atoms. The zero-order valence-electron chi connectivity index (χ0n) is 20.4. The van der Waals surface area contributed by atoms with Crippen molar-refractivity contribution in [2.45, 2.75) is 57.1 Å². The SMILES string of the molecule is CC[C@]1(C)Cc2ccccc2-c2nc3n(C(C)C)nc(SCC(=O)Nc4ccccc4)n3c(=O)c21. The lowest BCUT2D eigenvalue weighted by Crippen LogP contribution is -2.38. The fraction of sp³-hybridized carbons (Fsp3) is 0.333. The number of amides is 1. The first-order valence-electron chi connectivity index (χ1n) is 11.9. The second-order valence-electron chi connectivity index (χ2n) is 9.55. The number of rotatable bonds is 6. The van der Waals surface area contributed by atoms with Crippen LogP contribution in [0, 0.1) is 0 Å². The van der Waals surface area contributed by atoms with Crippen LogP contribution in [0.1, 0.15) is 51.3 Å². The molecule has 2 heterocycles. The van der Waals surface area contributed by atoms with E-state index in [2.05, 4.69) is 25.2 Å². The van der Waals surface area contributed by atoms with Crippen molar-refractivity contribution in [3.8, 4) is 11.3 Å². The molecule has 0 radical (unpaired) electrons. The Morgan fingerprint density at radius 1 is 1.14 bits per heavy atom. The van der Waals surface area contributed by atoms with Crippen LogP contribution in [-0.4, -0.2) is 30.8 Å². The van der Waals surface area contributed by atoms with Crippen molar-refractivity contribution in [3.05, 3.63) is 76.1 Å². The second-order valence-corrected chi connectivity index (χ2v) is 10.5. The lowest BCUT2D eigenvalue weighted by molar-refractivity contribution is -0.113. The first-order valence-corrected chi connectivity index (χ1v) is 12.9. The number of carbonyl (C=O) groups excluding carboxylic acids is 1. The summed E-state index contributed by atoms with van der Waals surface area (Å²) in [6.45, 7) is 8.29. The van der Waals surface area contributed by atoms with Gasteiger partial charge in [0.15, 0.2) is 5.16 Å². The topological polar surface area (TPSA) is 81.3 Å². The highest BCUT2D eigenvalue weighted by atomic mass is 32.2. The molecule has 2 aromatic carbocycles. The van der Waals surface area contributed by atoms with E-state index in [-0.39, 0.29) is 28.7 Å². The van der Waals surface area contributed by atoms with Crippen molar-refractivity contribution >= 4 is 29.1 Å². The van der Waals surface area contributed by atoms with Crippen LogP contribution < -0.4 is 10.9 Å². The van der Waals surface area contributed by atoms with Gasteiger partial charge < -0.3 is 5.32 Å². The molecular formula is C27H29N5O2S. The van der Waals surface area contributed by atoms with Crippen LogP contribution in [0.4, 0.5) is 5.69 Å². The summed E-state index contributed by atoms with van der Waals surface area (Å²) in [7, 11) is 0. The maximum atomic E-state index is 14.1. The van der Waals surface area contributed by atoms with Crippen LogP contribution >= 0.6 is 11.8 Å². The summed E-state index contributed by atoms with van der Waals surface area (Å²) in [6, 6.07) is 17.5. The molecule has 0 saturated heterocycles. The van der Waals surface area contributed by atoms with Gasteiger partial charge in [0.05, 0.1) is 23.1 Å². The van der Waals surface area contributed by atoms with E-state index < -0.39 is 0 Å². The smallest absolute Gasteiger partial charge is 0.265 e. The Kier molecular flexibility index (Phi) is 6.01. The average molecular weight is 488 g/mol. The Hall–Kier alpha value is -3.39. The van der Waals surface area contributed by atoms with Crippen molar-refractivity contribution in [2.24, 2.45) is 0 Å². The Labute approximate surface area is 208 Å². The quantitative estimate of drug-likeness (QED) is 0.383. The van der Waals surface area contributed by atoms with Crippen LogP contribution in [0.15, 0.2) is 64.5 Å². The van der Waals surface area contributed by atoms with Crippen molar-refractivity contribution in [3.63, 3.8) is 0 Å². The summed E-state index contributed by atoms with van der Waals surface area (Å²) in [5, 5.41) is 8.10. The fourth-order valence-corrected chi connectivity index (χ4v) is 5.53. The third-order valence-electron chi connectivity index (χ3n) is 6.77. The first-order chi connectivity index (χ1) is 16.8. The number of nitrogens with one attached hydrogen (secondary N) is 1. The molecule has 4 aromatic rings. The minimum absolute atomic E-state index is 0.00108. The van der Waals surface area contributed by atoms with Gasteiger partial charge in [-0.1, -0.05) is 68.1 Å². The van der Waals surface area contributed by atoms with Gasteiger partial charge in [-0.2, -0.15) is 0 Å². The van der Waals surface area contributed by atoms with Crippen molar-refractivity contribution in [1.29, 1.82) is 0 Å². The molecule has 1 aliphatic rings. The minimum atomic E-state index is -0.332. The van der Waals surface area contributed by atoms with E-state index in [1.807, 2.05) is 62.4 Å². The summed E-state index contributed by atoms with van der Waals surface area (Å²) >= 11 is 1.25. The molecule has 1 atom stereocenters. The van der Waals surface area contributed by atoms with Gasteiger partial charge in [-0.05, 0) is 44.4 Å². The van der Waals surface area contributed by atoms with Crippen LogP contribution in [-0.2, 0) is 16.6 Å².